The highest BCUT2D eigenvalue weighted by Gasteiger charge is 2.07. The molecule has 0 atom stereocenters. The molecule has 5 nitrogen and oxygen atoms in total. The molecular formula is C19H23Cl2N3O2S. The first-order valence-electron chi connectivity index (χ1n) is 8.23. The third kappa shape index (κ3) is 6.27. The summed E-state index contributed by atoms with van der Waals surface area (Å²) in [5.41, 5.74) is 8.10. The van der Waals surface area contributed by atoms with E-state index in [2.05, 4.69) is 16.4 Å². The van der Waals surface area contributed by atoms with Gasteiger partial charge in [-0.15, -0.1) is 36.2 Å². The fourth-order valence-electron chi connectivity index (χ4n) is 2.62. The molecule has 27 heavy (non-hydrogen) atoms. The number of hydrogen-bond acceptors (Lipinski definition) is 5. The van der Waals surface area contributed by atoms with Gasteiger partial charge in [0.05, 0.1) is 28.0 Å². The second kappa shape index (κ2) is 11.0. The van der Waals surface area contributed by atoms with Gasteiger partial charge < -0.3 is 15.8 Å². The number of hydrogen-bond donors (Lipinski definition) is 2. The van der Waals surface area contributed by atoms with E-state index in [1.165, 1.54) is 4.70 Å². The highest BCUT2D eigenvalue weighted by molar-refractivity contribution is 7.18. The number of unbranched alkanes of at least 4 members (excludes halogenated alkanes) is 1. The summed E-state index contributed by atoms with van der Waals surface area (Å²) in [5, 5.41) is 4.00. The van der Waals surface area contributed by atoms with E-state index in [1.807, 2.05) is 18.2 Å². The summed E-state index contributed by atoms with van der Waals surface area (Å²) in [6, 6.07) is 13.4. The molecule has 8 heteroatoms. The van der Waals surface area contributed by atoms with Gasteiger partial charge in [-0.05, 0) is 49.6 Å². The quantitative estimate of drug-likeness (QED) is 0.406. The van der Waals surface area contributed by atoms with Crippen LogP contribution < -0.4 is 15.8 Å². The number of nitrogen functional groups attached to an aromatic ring is 1. The number of benzene rings is 2. The van der Waals surface area contributed by atoms with Crippen LogP contribution >= 0.6 is 36.2 Å². The minimum Gasteiger partial charge on any atom is -0.495 e. The monoisotopic (exact) mass is 427 g/mol. The molecule has 0 bridgehead atoms. The van der Waals surface area contributed by atoms with Crippen molar-refractivity contribution < 1.29 is 9.53 Å². The molecule has 0 aliphatic carbocycles. The summed E-state index contributed by atoms with van der Waals surface area (Å²) in [4.78, 5) is 16.6. The van der Waals surface area contributed by atoms with Crippen LogP contribution in [-0.4, -0.2) is 18.0 Å². The molecule has 0 saturated carbocycles. The van der Waals surface area contributed by atoms with Gasteiger partial charge in [-0.3, -0.25) is 4.79 Å². The standard InChI is InChI=1S/C19H21N3O2S.2ClH/c1-24-16-11-10-13(12-14(16)20)21-18(23)8-4-5-9-19-22-15-6-2-3-7-17(15)25-19;;/h2-3,6-7,10-12H,4-5,8-9,20H2,1H3,(H,21,23);2*1H. The normalized spacial score (nSPS) is 9.96. The largest absolute Gasteiger partial charge is 0.495 e. The summed E-state index contributed by atoms with van der Waals surface area (Å²) in [6.07, 6.45) is 3.16. The molecule has 3 N–H and O–H groups in total. The second-order valence-corrected chi connectivity index (χ2v) is 6.90. The van der Waals surface area contributed by atoms with Crippen LogP contribution in [0.5, 0.6) is 5.75 Å². The van der Waals surface area contributed by atoms with E-state index in [-0.39, 0.29) is 30.7 Å². The van der Waals surface area contributed by atoms with Crippen LogP contribution in [0.4, 0.5) is 11.4 Å². The Labute approximate surface area is 175 Å². The molecular weight excluding hydrogens is 405 g/mol. The lowest BCUT2D eigenvalue weighted by Crippen LogP contribution is -2.11. The number of aromatic nitrogens is 1. The van der Waals surface area contributed by atoms with E-state index >= 15 is 0 Å². The van der Waals surface area contributed by atoms with E-state index in [1.54, 1.807) is 36.6 Å². The number of nitrogens with two attached hydrogens (primary N) is 1. The number of fused-ring (bicyclic) bond motifs is 1. The smallest absolute Gasteiger partial charge is 0.224 e. The maximum atomic E-state index is 12.0. The number of para-hydroxylation sites is 1. The zero-order valence-electron chi connectivity index (χ0n) is 14.9. The molecule has 0 spiro atoms. The predicted molar refractivity (Wildman–Crippen MR) is 118 cm³/mol. The van der Waals surface area contributed by atoms with Gasteiger partial charge in [0.25, 0.3) is 0 Å². The summed E-state index contributed by atoms with van der Waals surface area (Å²) in [6.45, 7) is 0. The molecule has 0 fully saturated rings. The average Bonchev–Trinajstić information content (AvgIpc) is 3.02. The average molecular weight is 428 g/mol. The van der Waals surface area contributed by atoms with Crippen LogP contribution in [0.2, 0.25) is 0 Å². The lowest BCUT2D eigenvalue weighted by molar-refractivity contribution is -0.116. The van der Waals surface area contributed by atoms with Crippen LogP contribution in [0.15, 0.2) is 42.5 Å². The minimum absolute atomic E-state index is 0. The number of ether oxygens (including phenoxy) is 1. The van der Waals surface area contributed by atoms with Crippen molar-refractivity contribution in [1.82, 2.24) is 4.98 Å². The molecule has 3 rings (SSSR count). The summed E-state index contributed by atoms with van der Waals surface area (Å²) in [5.74, 6) is 0.600. The zero-order chi connectivity index (χ0) is 17.6. The van der Waals surface area contributed by atoms with Crippen LogP contribution in [0, 0.1) is 0 Å². The first-order valence-corrected chi connectivity index (χ1v) is 9.05. The number of nitrogens with zero attached hydrogens (tertiary/aromatic N) is 1. The Balaban J connectivity index is 0.00000182. The Morgan fingerprint density at radius 3 is 2.67 bits per heavy atom. The van der Waals surface area contributed by atoms with E-state index in [9.17, 15) is 4.79 Å². The van der Waals surface area contributed by atoms with Crippen LogP contribution in [0.1, 0.15) is 24.3 Å². The number of carbonyl (C=O) groups excluding carboxylic acids is 1. The summed E-state index contributed by atoms with van der Waals surface area (Å²) >= 11 is 1.73. The highest BCUT2D eigenvalue weighted by Crippen LogP contribution is 2.25. The first kappa shape index (κ1) is 23.0. The summed E-state index contributed by atoms with van der Waals surface area (Å²) in [7, 11) is 1.56. The number of rotatable bonds is 7. The van der Waals surface area contributed by atoms with Crippen molar-refractivity contribution in [3.8, 4) is 5.75 Å². The third-order valence-corrected chi connectivity index (χ3v) is 4.99. The Morgan fingerprint density at radius 2 is 1.96 bits per heavy atom. The molecule has 1 aromatic heterocycles. The molecule has 146 valence electrons. The fourth-order valence-corrected chi connectivity index (χ4v) is 3.63. The van der Waals surface area contributed by atoms with Crippen molar-refractivity contribution in [1.29, 1.82) is 0 Å². The van der Waals surface area contributed by atoms with E-state index in [4.69, 9.17) is 10.5 Å². The number of carbonyl (C=O) groups is 1. The molecule has 0 aliphatic rings. The number of thiazole rings is 1. The number of methoxy groups -OCH3 is 1. The van der Waals surface area contributed by atoms with Gasteiger partial charge in [-0.2, -0.15) is 0 Å². The van der Waals surface area contributed by atoms with E-state index < -0.39 is 0 Å². The van der Waals surface area contributed by atoms with Gasteiger partial charge in [0.1, 0.15) is 5.75 Å². The summed E-state index contributed by atoms with van der Waals surface area (Å²) < 4.78 is 6.32. The van der Waals surface area contributed by atoms with Gasteiger partial charge in [-0.1, -0.05) is 12.1 Å². The molecule has 1 heterocycles. The third-order valence-electron chi connectivity index (χ3n) is 3.90. The highest BCUT2D eigenvalue weighted by atomic mass is 35.5. The van der Waals surface area contributed by atoms with Crippen molar-refractivity contribution in [2.75, 3.05) is 18.2 Å². The number of anilines is 2. The predicted octanol–water partition coefficient (Wildman–Crippen LogP) is 5.08. The van der Waals surface area contributed by atoms with Gasteiger partial charge >= 0.3 is 0 Å². The Kier molecular flexibility index (Phi) is 9.35. The zero-order valence-corrected chi connectivity index (χ0v) is 17.4. The molecule has 3 aromatic rings. The molecule has 0 radical (unpaired) electrons. The number of nitrogens with one attached hydrogen (secondary N) is 1. The molecule has 0 unspecified atom stereocenters. The van der Waals surface area contributed by atoms with Crippen molar-refractivity contribution in [2.45, 2.75) is 25.7 Å². The maximum Gasteiger partial charge on any atom is 0.224 e. The van der Waals surface area contributed by atoms with Crippen LogP contribution in [0.25, 0.3) is 10.2 Å². The van der Waals surface area contributed by atoms with Gasteiger partial charge in [-0.25, -0.2) is 4.98 Å². The van der Waals surface area contributed by atoms with Crippen LogP contribution in [-0.2, 0) is 11.2 Å². The van der Waals surface area contributed by atoms with Crippen LogP contribution in [0.3, 0.4) is 0 Å². The molecule has 0 aliphatic heterocycles. The second-order valence-electron chi connectivity index (χ2n) is 5.79. The topological polar surface area (TPSA) is 77.2 Å². The fraction of sp³-hybridized carbons (Fsp3) is 0.263. The molecule has 2 aromatic carbocycles. The lowest BCUT2D eigenvalue weighted by atomic mass is 10.2. The lowest BCUT2D eigenvalue weighted by Gasteiger charge is -2.08. The van der Waals surface area contributed by atoms with E-state index in [0.717, 1.165) is 29.8 Å². The van der Waals surface area contributed by atoms with Crippen molar-refractivity contribution >= 4 is 63.6 Å². The Hall–Kier alpha value is -2.02. The van der Waals surface area contributed by atoms with Crippen molar-refractivity contribution in [2.24, 2.45) is 0 Å². The molecule has 0 saturated heterocycles. The number of amides is 1. The Morgan fingerprint density at radius 1 is 1.19 bits per heavy atom. The Bertz CT molecular complexity index is 853. The van der Waals surface area contributed by atoms with Crippen molar-refractivity contribution in [3.63, 3.8) is 0 Å². The number of halogens is 2. The molecule has 1 amide bonds. The minimum atomic E-state index is -0.00568. The van der Waals surface area contributed by atoms with Gasteiger partial charge in [0, 0.05) is 12.1 Å². The number of aryl methyl sites for hydroxylation is 1. The maximum absolute atomic E-state index is 12.0. The SMILES string of the molecule is COc1ccc(NC(=O)CCCCc2nc3ccccc3s2)cc1N.Cl.Cl. The van der Waals surface area contributed by atoms with E-state index in [0.29, 0.717) is 23.5 Å². The van der Waals surface area contributed by atoms with Gasteiger partial charge in [0.15, 0.2) is 0 Å². The first-order chi connectivity index (χ1) is 12.2. The van der Waals surface area contributed by atoms with Crippen molar-refractivity contribution in [3.05, 3.63) is 47.5 Å². The van der Waals surface area contributed by atoms with Gasteiger partial charge in [0.2, 0.25) is 5.91 Å².